The van der Waals surface area contributed by atoms with Crippen LogP contribution in [0.2, 0.25) is 0 Å². The van der Waals surface area contributed by atoms with Crippen LogP contribution in [0.15, 0.2) is 0 Å². The summed E-state index contributed by atoms with van der Waals surface area (Å²) >= 11 is 0. The van der Waals surface area contributed by atoms with Gasteiger partial charge in [0.1, 0.15) is 0 Å². The first-order valence-electron chi connectivity index (χ1n) is 4.76. The fourth-order valence-corrected chi connectivity index (χ4v) is 1.91. The number of amides is 1. The monoisotopic (exact) mass is 186 g/mol. The van der Waals surface area contributed by atoms with E-state index in [1.165, 1.54) is 0 Å². The van der Waals surface area contributed by atoms with Crippen molar-refractivity contribution >= 4 is 6.09 Å². The van der Waals surface area contributed by atoms with E-state index in [9.17, 15) is 4.79 Å². The van der Waals surface area contributed by atoms with Gasteiger partial charge in [-0.05, 0) is 20.3 Å². The zero-order valence-electron chi connectivity index (χ0n) is 8.50. The Balaban J connectivity index is 2.86. The van der Waals surface area contributed by atoms with E-state index in [0.29, 0.717) is 6.54 Å². The predicted molar refractivity (Wildman–Crippen MR) is 50.9 cm³/mol. The number of carbonyl (C=O) groups is 1. The minimum Gasteiger partial charge on any atom is -0.465 e. The minimum absolute atomic E-state index is 0.224. The Hall–Kier alpha value is -0.770. The van der Waals surface area contributed by atoms with Crippen LogP contribution in [-0.2, 0) is 0 Å². The molecule has 1 aliphatic rings. The van der Waals surface area contributed by atoms with Gasteiger partial charge in [-0.25, -0.2) is 4.79 Å². The van der Waals surface area contributed by atoms with Gasteiger partial charge in [0.2, 0.25) is 0 Å². The molecule has 1 rings (SSSR count). The van der Waals surface area contributed by atoms with Gasteiger partial charge in [0.25, 0.3) is 0 Å². The number of hydrogen-bond donors (Lipinski definition) is 2. The van der Waals surface area contributed by atoms with Gasteiger partial charge in [0.15, 0.2) is 0 Å². The average Bonchev–Trinajstić information content (AvgIpc) is 2.09. The van der Waals surface area contributed by atoms with Crippen molar-refractivity contribution in [3.8, 4) is 0 Å². The van der Waals surface area contributed by atoms with E-state index in [4.69, 9.17) is 5.11 Å². The van der Waals surface area contributed by atoms with Gasteiger partial charge < -0.3 is 15.3 Å². The lowest BCUT2D eigenvalue weighted by molar-refractivity contribution is 0.0397. The molecule has 13 heavy (non-hydrogen) atoms. The van der Waals surface area contributed by atoms with Crippen molar-refractivity contribution in [1.82, 2.24) is 10.2 Å². The summed E-state index contributed by atoms with van der Waals surface area (Å²) in [5.74, 6) is 0. The molecular formula is C9H18N2O2. The maximum atomic E-state index is 11.0. The Kier molecular flexibility index (Phi) is 2.81. The zero-order chi connectivity index (χ0) is 10.1. The molecule has 2 atom stereocenters. The van der Waals surface area contributed by atoms with E-state index in [1.807, 2.05) is 20.8 Å². The second kappa shape index (κ2) is 3.54. The average molecular weight is 186 g/mol. The molecule has 0 radical (unpaired) electrons. The van der Waals surface area contributed by atoms with Crippen LogP contribution in [0, 0.1) is 0 Å². The molecular weight excluding hydrogens is 168 g/mol. The molecule has 0 aromatic carbocycles. The molecule has 0 spiro atoms. The first-order valence-corrected chi connectivity index (χ1v) is 4.76. The summed E-state index contributed by atoms with van der Waals surface area (Å²) in [6.07, 6.45) is 0.0331. The molecule has 2 N–H and O–H groups in total. The third-order valence-corrected chi connectivity index (χ3v) is 3.28. The number of piperazine rings is 1. The van der Waals surface area contributed by atoms with Crippen LogP contribution in [0.25, 0.3) is 0 Å². The topological polar surface area (TPSA) is 52.6 Å². The molecule has 0 aliphatic carbocycles. The SMILES string of the molecule is CCC1(C)C(C)NCCN1C(=O)O. The largest absolute Gasteiger partial charge is 0.465 e. The zero-order valence-corrected chi connectivity index (χ0v) is 8.50. The molecule has 0 aromatic rings. The summed E-state index contributed by atoms with van der Waals surface area (Å²) in [6.45, 7) is 7.41. The quantitative estimate of drug-likeness (QED) is 0.645. The molecule has 76 valence electrons. The summed E-state index contributed by atoms with van der Waals surface area (Å²) in [7, 11) is 0. The molecule has 1 aliphatic heterocycles. The van der Waals surface area contributed by atoms with Crippen LogP contribution in [0.1, 0.15) is 27.2 Å². The molecule has 0 aromatic heterocycles. The highest BCUT2D eigenvalue weighted by Crippen LogP contribution is 2.26. The maximum absolute atomic E-state index is 11.0. The van der Waals surface area contributed by atoms with Crippen molar-refractivity contribution < 1.29 is 9.90 Å². The third-order valence-electron chi connectivity index (χ3n) is 3.28. The highest BCUT2D eigenvalue weighted by Gasteiger charge is 2.41. The van der Waals surface area contributed by atoms with E-state index in [0.717, 1.165) is 13.0 Å². The Labute approximate surface area is 78.9 Å². The first kappa shape index (κ1) is 10.3. The number of carboxylic acid groups (broad SMARTS) is 1. The number of rotatable bonds is 1. The highest BCUT2D eigenvalue weighted by molar-refractivity contribution is 5.66. The smallest absolute Gasteiger partial charge is 0.407 e. The third kappa shape index (κ3) is 1.63. The van der Waals surface area contributed by atoms with Crippen LogP contribution >= 0.6 is 0 Å². The highest BCUT2D eigenvalue weighted by atomic mass is 16.4. The first-order chi connectivity index (χ1) is 6.02. The molecule has 4 nitrogen and oxygen atoms in total. The van der Waals surface area contributed by atoms with Crippen LogP contribution in [0.3, 0.4) is 0 Å². The van der Waals surface area contributed by atoms with Crippen molar-refractivity contribution in [2.24, 2.45) is 0 Å². The number of nitrogens with one attached hydrogen (secondary N) is 1. The van der Waals surface area contributed by atoms with Crippen molar-refractivity contribution in [2.75, 3.05) is 13.1 Å². The summed E-state index contributed by atoms with van der Waals surface area (Å²) in [5.41, 5.74) is -0.260. The molecule has 2 unspecified atom stereocenters. The summed E-state index contributed by atoms with van der Waals surface area (Å²) in [4.78, 5) is 12.5. The fraction of sp³-hybridized carbons (Fsp3) is 0.889. The van der Waals surface area contributed by atoms with Crippen molar-refractivity contribution in [3.63, 3.8) is 0 Å². The van der Waals surface area contributed by atoms with Gasteiger partial charge in [-0.2, -0.15) is 0 Å². The molecule has 1 heterocycles. The Morgan fingerprint density at radius 2 is 2.38 bits per heavy atom. The van der Waals surface area contributed by atoms with Gasteiger partial charge in [0, 0.05) is 19.1 Å². The van der Waals surface area contributed by atoms with E-state index >= 15 is 0 Å². The standard InChI is InChI=1S/C9H18N2O2/c1-4-9(3)7(2)10-5-6-11(9)8(12)13/h7,10H,4-6H2,1-3H3,(H,12,13). The van der Waals surface area contributed by atoms with Crippen molar-refractivity contribution in [1.29, 1.82) is 0 Å². The van der Waals surface area contributed by atoms with Crippen molar-refractivity contribution in [3.05, 3.63) is 0 Å². The van der Waals surface area contributed by atoms with Gasteiger partial charge >= 0.3 is 6.09 Å². The summed E-state index contributed by atoms with van der Waals surface area (Å²) in [5, 5.41) is 12.3. The molecule has 1 amide bonds. The lowest BCUT2D eigenvalue weighted by atomic mass is 9.87. The lowest BCUT2D eigenvalue weighted by Gasteiger charge is -2.47. The van der Waals surface area contributed by atoms with Gasteiger partial charge in [0.05, 0.1) is 5.54 Å². The van der Waals surface area contributed by atoms with Gasteiger partial charge in [-0.3, -0.25) is 0 Å². The summed E-state index contributed by atoms with van der Waals surface area (Å²) < 4.78 is 0. The van der Waals surface area contributed by atoms with E-state index in [2.05, 4.69) is 5.32 Å². The number of hydrogen-bond acceptors (Lipinski definition) is 2. The Morgan fingerprint density at radius 3 is 2.77 bits per heavy atom. The molecule has 1 fully saturated rings. The summed E-state index contributed by atoms with van der Waals surface area (Å²) in [6, 6.07) is 0.224. The lowest BCUT2D eigenvalue weighted by Crippen LogP contribution is -2.65. The Bertz CT molecular complexity index is 208. The molecule has 1 saturated heterocycles. The van der Waals surface area contributed by atoms with E-state index < -0.39 is 6.09 Å². The normalized spacial score (nSPS) is 34.7. The molecule has 0 bridgehead atoms. The van der Waals surface area contributed by atoms with Crippen LogP contribution in [0.4, 0.5) is 4.79 Å². The van der Waals surface area contributed by atoms with Crippen LogP contribution < -0.4 is 5.32 Å². The van der Waals surface area contributed by atoms with Crippen LogP contribution in [-0.4, -0.2) is 40.8 Å². The van der Waals surface area contributed by atoms with Gasteiger partial charge in [-0.15, -0.1) is 0 Å². The Morgan fingerprint density at radius 1 is 1.77 bits per heavy atom. The molecule has 4 heteroatoms. The van der Waals surface area contributed by atoms with E-state index in [-0.39, 0.29) is 11.6 Å². The minimum atomic E-state index is -0.808. The second-order valence-corrected chi connectivity index (χ2v) is 3.82. The fourth-order valence-electron chi connectivity index (χ4n) is 1.91. The second-order valence-electron chi connectivity index (χ2n) is 3.82. The molecule has 0 saturated carbocycles. The predicted octanol–water partition coefficient (Wildman–Crippen LogP) is 1.13. The van der Waals surface area contributed by atoms with Crippen molar-refractivity contribution in [2.45, 2.75) is 38.8 Å². The number of nitrogens with zero attached hydrogens (tertiary/aromatic N) is 1. The maximum Gasteiger partial charge on any atom is 0.407 e. The van der Waals surface area contributed by atoms with Gasteiger partial charge in [-0.1, -0.05) is 6.92 Å². The van der Waals surface area contributed by atoms with Crippen LogP contribution in [0.5, 0.6) is 0 Å². The van der Waals surface area contributed by atoms with E-state index in [1.54, 1.807) is 4.90 Å².